The van der Waals surface area contributed by atoms with Crippen LogP contribution in [0.1, 0.15) is 42.9 Å². The van der Waals surface area contributed by atoms with Gasteiger partial charge in [-0.05, 0) is 44.0 Å². The minimum Gasteiger partial charge on any atom is -0.491 e. The van der Waals surface area contributed by atoms with Gasteiger partial charge in [0.15, 0.2) is 0 Å². The summed E-state index contributed by atoms with van der Waals surface area (Å²) in [5.41, 5.74) is 3.52. The molecule has 3 rings (SSSR count). The summed E-state index contributed by atoms with van der Waals surface area (Å²) >= 11 is 0. The standard InChI is InChI=1S/C23H29NO3/c1-17(2)27-21-10-8-20(9-11-21)22(19-6-4-18(3)5-7-19)16-23(25)24-12-14-26-15-13-24/h4-11,17,22H,12-16H2,1-3H3. The lowest BCUT2D eigenvalue weighted by atomic mass is 9.87. The number of hydrogen-bond acceptors (Lipinski definition) is 3. The topological polar surface area (TPSA) is 38.8 Å². The molecule has 27 heavy (non-hydrogen) atoms. The van der Waals surface area contributed by atoms with Crippen LogP contribution >= 0.6 is 0 Å². The molecule has 1 aliphatic heterocycles. The van der Waals surface area contributed by atoms with Crippen molar-refractivity contribution in [2.45, 2.75) is 39.2 Å². The minimum absolute atomic E-state index is 0.0362. The summed E-state index contributed by atoms with van der Waals surface area (Å²) in [5.74, 6) is 1.08. The van der Waals surface area contributed by atoms with Gasteiger partial charge in [0.1, 0.15) is 5.75 Å². The quantitative estimate of drug-likeness (QED) is 0.769. The molecule has 0 N–H and O–H groups in total. The molecule has 0 aromatic heterocycles. The third kappa shape index (κ3) is 5.33. The van der Waals surface area contributed by atoms with Gasteiger partial charge in [-0.2, -0.15) is 0 Å². The highest BCUT2D eigenvalue weighted by molar-refractivity contribution is 5.78. The lowest BCUT2D eigenvalue weighted by Crippen LogP contribution is -2.41. The molecule has 1 saturated heterocycles. The summed E-state index contributed by atoms with van der Waals surface area (Å²) < 4.78 is 11.1. The van der Waals surface area contributed by atoms with E-state index in [1.807, 2.05) is 30.9 Å². The first-order valence-corrected chi connectivity index (χ1v) is 9.71. The molecule has 0 saturated carbocycles. The molecule has 1 aliphatic rings. The van der Waals surface area contributed by atoms with Crippen molar-refractivity contribution in [3.8, 4) is 5.75 Å². The Bertz CT molecular complexity index is 731. The maximum Gasteiger partial charge on any atom is 0.223 e. The summed E-state index contributed by atoms with van der Waals surface area (Å²) in [7, 11) is 0. The number of hydrogen-bond donors (Lipinski definition) is 0. The minimum atomic E-state index is 0.0362. The lowest BCUT2D eigenvalue weighted by Gasteiger charge is -2.29. The van der Waals surface area contributed by atoms with Crippen LogP contribution in [0.3, 0.4) is 0 Å². The fourth-order valence-electron chi connectivity index (χ4n) is 3.39. The second-order valence-corrected chi connectivity index (χ2v) is 7.40. The highest BCUT2D eigenvalue weighted by Crippen LogP contribution is 2.30. The number of carbonyl (C=O) groups excluding carboxylic acids is 1. The number of carbonyl (C=O) groups is 1. The van der Waals surface area contributed by atoms with E-state index in [0.717, 1.165) is 11.3 Å². The van der Waals surface area contributed by atoms with Crippen molar-refractivity contribution in [2.24, 2.45) is 0 Å². The summed E-state index contributed by atoms with van der Waals surface area (Å²) in [5, 5.41) is 0. The third-order valence-electron chi connectivity index (χ3n) is 4.88. The molecule has 0 radical (unpaired) electrons. The van der Waals surface area contributed by atoms with Crippen molar-refractivity contribution in [1.29, 1.82) is 0 Å². The Hall–Kier alpha value is -2.33. The molecule has 1 fully saturated rings. The van der Waals surface area contributed by atoms with Gasteiger partial charge in [0.2, 0.25) is 5.91 Å². The van der Waals surface area contributed by atoms with E-state index < -0.39 is 0 Å². The Balaban J connectivity index is 1.83. The number of nitrogens with zero attached hydrogens (tertiary/aromatic N) is 1. The van der Waals surface area contributed by atoms with Crippen LogP contribution in [0.2, 0.25) is 0 Å². The Morgan fingerprint density at radius 1 is 1.00 bits per heavy atom. The maximum atomic E-state index is 12.9. The summed E-state index contributed by atoms with van der Waals surface area (Å²) in [4.78, 5) is 14.8. The molecule has 144 valence electrons. The van der Waals surface area contributed by atoms with Gasteiger partial charge in [-0.3, -0.25) is 4.79 Å². The number of amides is 1. The zero-order chi connectivity index (χ0) is 19.2. The summed E-state index contributed by atoms with van der Waals surface area (Å²) in [6, 6.07) is 16.6. The van der Waals surface area contributed by atoms with E-state index in [1.54, 1.807) is 0 Å². The summed E-state index contributed by atoms with van der Waals surface area (Å²) in [6.07, 6.45) is 0.611. The van der Waals surface area contributed by atoms with Crippen LogP contribution in [-0.4, -0.2) is 43.2 Å². The molecule has 0 spiro atoms. The molecule has 0 aliphatic carbocycles. The van der Waals surface area contributed by atoms with Crippen LogP contribution in [0.25, 0.3) is 0 Å². The smallest absolute Gasteiger partial charge is 0.223 e. The van der Waals surface area contributed by atoms with E-state index >= 15 is 0 Å². The molecule has 2 aromatic rings. The first kappa shape index (κ1) is 19.4. The highest BCUT2D eigenvalue weighted by Gasteiger charge is 2.23. The number of rotatable bonds is 6. The van der Waals surface area contributed by atoms with Gasteiger partial charge in [-0.15, -0.1) is 0 Å². The SMILES string of the molecule is Cc1ccc(C(CC(=O)N2CCOCC2)c2ccc(OC(C)C)cc2)cc1. The lowest BCUT2D eigenvalue weighted by molar-refractivity contribution is -0.135. The van der Waals surface area contributed by atoms with Crippen LogP contribution in [0, 0.1) is 6.92 Å². The average Bonchev–Trinajstić information content (AvgIpc) is 2.68. The Labute approximate surface area is 162 Å². The van der Waals surface area contributed by atoms with E-state index in [0.29, 0.717) is 32.7 Å². The van der Waals surface area contributed by atoms with E-state index in [4.69, 9.17) is 9.47 Å². The first-order valence-electron chi connectivity index (χ1n) is 9.71. The van der Waals surface area contributed by atoms with Crippen LogP contribution in [0.5, 0.6) is 5.75 Å². The highest BCUT2D eigenvalue weighted by atomic mass is 16.5. The van der Waals surface area contributed by atoms with E-state index in [2.05, 4.69) is 43.3 Å². The van der Waals surface area contributed by atoms with E-state index in [1.165, 1.54) is 11.1 Å². The fraction of sp³-hybridized carbons (Fsp3) is 0.435. The maximum absolute atomic E-state index is 12.9. The molecule has 2 aromatic carbocycles. The number of benzene rings is 2. The van der Waals surface area contributed by atoms with Crippen molar-refractivity contribution in [1.82, 2.24) is 4.90 Å². The number of ether oxygens (including phenoxy) is 2. The largest absolute Gasteiger partial charge is 0.491 e. The van der Waals surface area contributed by atoms with Crippen LogP contribution < -0.4 is 4.74 Å². The number of aryl methyl sites for hydroxylation is 1. The second kappa shape index (κ2) is 9.05. The molecule has 1 atom stereocenters. The molecule has 4 heteroatoms. The van der Waals surface area contributed by atoms with Crippen LogP contribution in [0.15, 0.2) is 48.5 Å². The van der Waals surface area contributed by atoms with E-state index in [9.17, 15) is 4.79 Å². The van der Waals surface area contributed by atoms with Gasteiger partial charge < -0.3 is 14.4 Å². The van der Waals surface area contributed by atoms with Crippen LogP contribution in [-0.2, 0) is 9.53 Å². The molecular formula is C23H29NO3. The van der Waals surface area contributed by atoms with Crippen LogP contribution in [0.4, 0.5) is 0 Å². The zero-order valence-corrected chi connectivity index (χ0v) is 16.5. The first-order chi connectivity index (χ1) is 13.0. The van der Waals surface area contributed by atoms with Gasteiger partial charge in [0.25, 0.3) is 0 Å². The molecule has 1 amide bonds. The Morgan fingerprint density at radius 2 is 1.56 bits per heavy atom. The van der Waals surface area contributed by atoms with Crippen molar-refractivity contribution in [3.63, 3.8) is 0 Å². The Morgan fingerprint density at radius 3 is 2.11 bits per heavy atom. The van der Waals surface area contributed by atoms with Gasteiger partial charge in [-0.25, -0.2) is 0 Å². The van der Waals surface area contributed by atoms with Gasteiger partial charge in [0, 0.05) is 25.4 Å². The monoisotopic (exact) mass is 367 g/mol. The molecule has 4 nitrogen and oxygen atoms in total. The van der Waals surface area contributed by atoms with Crippen molar-refractivity contribution in [2.75, 3.05) is 26.3 Å². The number of morpholine rings is 1. The van der Waals surface area contributed by atoms with Crippen molar-refractivity contribution in [3.05, 3.63) is 65.2 Å². The Kier molecular flexibility index (Phi) is 6.51. The van der Waals surface area contributed by atoms with Gasteiger partial charge >= 0.3 is 0 Å². The van der Waals surface area contributed by atoms with Gasteiger partial charge in [-0.1, -0.05) is 42.0 Å². The van der Waals surface area contributed by atoms with Gasteiger partial charge in [0.05, 0.1) is 19.3 Å². The molecular weight excluding hydrogens is 338 g/mol. The average molecular weight is 367 g/mol. The summed E-state index contributed by atoms with van der Waals surface area (Å²) in [6.45, 7) is 8.73. The molecule has 1 unspecified atom stereocenters. The third-order valence-corrected chi connectivity index (χ3v) is 4.88. The molecule has 1 heterocycles. The van der Waals surface area contributed by atoms with Crippen molar-refractivity contribution < 1.29 is 14.3 Å². The second-order valence-electron chi connectivity index (χ2n) is 7.40. The fourth-order valence-corrected chi connectivity index (χ4v) is 3.39. The predicted molar refractivity (Wildman–Crippen MR) is 107 cm³/mol. The van der Waals surface area contributed by atoms with E-state index in [-0.39, 0.29) is 17.9 Å². The normalized spacial score (nSPS) is 15.6. The predicted octanol–water partition coefficient (Wildman–Crippen LogP) is 4.16. The molecule has 0 bridgehead atoms. The zero-order valence-electron chi connectivity index (χ0n) is 16.5. The van der Waals surface area contributed by atoms with Crippen molar-refractivity contribution >= 4 is 5.91 Å².